The number of hydrogen-bond acceptors (Lipinski definition) is 6. The summed E-state index contributed by atoms with van der Waals surface area (Å²) in [4.78, 5) is 0. The third-order valence-electron chi connectivity index (χ3n) is 3.94. The van der Waals surface area contributed by atoms with E-state index in [1.807, 2.05) is 0 Å². The van der Waals surface area contributed by atoms with Crippen molar-refractivity contribution in [3.8, 4) is 0 Å². The highest BCUT2D eigenvalue weighted by Crippen LogP contribution is 2.47. The Morgan fingerprint density at radius 3 is 0.938 bits per heavy atom. The van der Waals surface area contributed by atoms with Gasteiger partial charge < -0.3 is 30.6 Å². The zero-order valence-corrected chi connectivity index (χ0v) is 8.82. The van der Waals surface area contributed by atoms with Gasteiger partial charge in [0.15, 0.2) is 0 Å². The predicted molar refractivity (Wildman–Crippen MR) is 52.4 cm³/mol. The minimum absolute atomic E-state index is 0.200. The fourth-order valence-corrected chi connectivity index (χ4v) is 2.85. The molecule has 0 saturated heterocycles. The van der Waals surface area contributed by atoms with Gasteiger partial charge in [-0.15, -0.1) is 0 Å². The first kappa shape index (κ1) is 12.2. The molecule has 6 nitrogen and oxygen atoms in total. The molecule has 6 atom stereocenters. The van der Waals surface area contributed by atoms with E-state index in [2.05, 4.69) is 0 Å². The number of aliphatic hydroxyl groups excluding tert-OH is 4. The van der Waals surface area contributed by atoms with E-state index in [1.54, 1.807) is 0 Å². The maximum atomic E-state index is 10.2. The lowest BCUT2D eigenvalue weighted by Crippen LogP contribution is -2.68. The second-order valence-electron chi connectivity index (χ2n) is 5.15. The fraction of sp³-hybridized carbons (Fsp3) is 1.00. The summed E-state index contributed by atoms with van der Waals surface area (Å²) in [6.07, 6.45) is -5.27. The topological polar surface area (TPSA) is 121 Å². The van der Waals surface area contributed by atoms with Crippen molar-refractivity contribution in [1.29, 1.82) is 0 Å². The Labute approximate surface area is 92.8 Å². The van der Waals surface area contributed by atoms with Crippen LogP contribution in [0, 0.1) is 0 Å². The van der Waals surface area contributed by atoms with Crippen LogP contribution >= 0.6 is 0 Å². The lowest BCUT2D eigenvalue weighted by atomic mass is 9.61. The van der Waals surface area contributed by atoms with Crippen LogP contribution in [0.3, 0.4) is 0 Å². The van der Waals surface area contributed by atoms with Crippen molar-refractivity contribution in [2.45, 2.75) is 61.3 Å². The summed E-state index contributed by atoms with van der Waals surface area (Å²) in [6.45, 7) is 0. The van der Waals surface area contributed by atoms with Crippen molar-refractivity contribution in [3.63, 3.8) is 0 Å². The Morgan fingerprint density at radius 1 is 0.562 bits per heavy atom. The van der Waals surface area contributed by atoms with Crippen molar-refractivity contribution < 1.29 is 30.6 Å². The molecule has 2 unspecified atom stereocenters. The largest absolute Gasteiger partial charge is 0.390 e. The Kier molecular flexibility index (Phi) is 2.77. The first-order valence-electron chi connectivity index (χ1n) is 5.44. The van der Waals surface area contributed by atoms with Gasteiger partial charge in [0.2, 0.25) is 0 Å². The van der Waals surface area contributed by atoms with E-state index < -0.39 is 35.6 Å². The van der Waals surface area contributed by atoms with E-state index in [0.29, 0.717) is 0 Å². The number of hydrogen-bond donors (Lipinski definition) is 6. The van der Waals surface area contributed by atoms with Gasteiger partial charge >= 0.3 is 0 Å². The van der Waals surface area contributed by atoms with Crippen LogP contribution in [0.15, 0.2) is 0 Å². The quantitative estimate of drug-likeness (QED) is 0.275. The smallest absolute Gasteiger partial charge is 0.0986 e. The van der Waals surface area contributed by atoms with Gasteiger partial charge in [-0.05, 0) is 0 Å². The van der Waals surface area contributed by atoms with Gasteiger partial charge in [0, 0.05) is 25.7 Å². The molecule has 0 aromatic heterocycles. The predicted octanol–water partition coefficient (Wildman–Crippen LogP) is -2.52. The molecule has 0 spiro atoms. The third-order valence-corrected chi connectivity index (χ3v) is 3.94. The molecule has 0 aromatic rings. The highest BCUT2D eigenvalue weighted by atomic mass is 16.4. The Morgan fingerprint density at radius 2 is 0.750 bits per heavy atom. The Bertz CT molecular complexity index is 232. The summed E-state index contributed by atoms with van der Waals surface area (Å²) < 4.78 is 0. The lowest BCUT2D eigenvalue weighted by Gasteiger charge is -2.54. The zero-order chi connectivity index (χ0) is 12.1. The van der Waals surface area contributed by atoms with E-state index in [1.165, 1.54) is 0 Å². The monoisotopic (exact) mass is 234 g/mol. The van der Waals surface area contributed by atoms with Gasteiger partial charge in [-0.3, -0.25) is 0 Å². The molecule has 16 heavy (non-hydrogen) atoms. The van der Waals surface area contributed by atoms with E-state index in [9.17, 15) is 30.6 Å². The van der Waals surface area contributed by atoms with Crippen LogP contribution in [0.2, 0.25) is 0 Å². The van der Waals surface area contributed by atoms with Gasteiger partial charge in [-0.25, -0.2) is 0 Å². The summed E-state index contributed by atoms with van der Waals surface area (Å²) in [5.41, 5.74) is -3.30. The average molecular weight is 234 g/mol. The maximum Gasteiger partial charge on any atom is 0.0986 e. The molecule has 0 amide bonds. The molecule has 2 aliphatic carbocycles. The highest BCUT2D eigenvalue weighted by molar-refractivity contribution is 5.12. The normalized spacial score (nSPS) is 58.1. The molecule has 6 N–H and O–H groups in total. The SMILES string of the molecule is O[C@@H]1CC2(O)C[C@H](O)[C@H](O)CC2(O)C[C@@H]1O. The molecule has 94 valence electrons. The molecule has 2 fully saturated rings. The Balaban J connectivity index is 2.27. The lowest BCUT2D eigenvalue weighted by molar-refractivity contribution is -0.267. The molecule has 2 aliphatic rings. The molecule has 6 heteroatoms. The van der Waals surface area contributed by atoms with Crippen molar-refractivity contribution in [2.24, 2.45) is 0 Å². The molecule has 0 aromatic carbocycles. The van der Waals surface area contributed by atoms with Gasteiger partial charge in [-0.1, -0.05) is 0 Å². The van der Waals surface area contributed by atoms with Crippen molar-refractivity contribution >= 4 is 0 Å². The molecule has 0 bridgehead atoms. The molecule has 0 radical (unpaired) electrons. The van der Waals surface area contributed by atoms with Crippen LogP contribution in [-0.2, 0) is 0 Å². The second kappa shape index (κ2) is 3.63. The Hall–Kier alpha value is -0.240. The van der Waals surface area contributed by atoms with E-state index in [4.69, 9.17) is 0 Å². The summed E-state index contributed by atoms with van der Waals surface area (Å²) in [6, 6.07) is 0. The number of aliphatic hydroxyl groups is 6. The molecular weight excluding hydrogens is 216 g/mol. The van der Waals surface area contributed by atoms with Gasteiger partial charge in [-0.2, -0.15) is 0 Å². The molecule has 0 heterocycles. The fourth-order valence-electron chi connectivity index (χ4n) is 2.85. The van der Waals surface area contributed by atoms with Crippen LogP contribution in [0.1, 0.15) is 25.7 Å². The van der Waals surface area contributed by atoms with Gasteiger partial charge in [0.25, 0.3) is 0 Å². The van der Waals surface area contributed by atoms with Crippen LogP contribution in [0.5, 0.6) is 0 Å². The van der Waals surface area contributed by atoms with E-state index in [-0.39, 0.29) is 25.7 Å². The van der Waals surface area contributed by atoms with E-state index >= 15 is 0 Å². The van der Waals surface area contributed by atoms with Crippen molar-refractivity contribution in [3.05, 3.63) is 0 Å². The van der Waals surface area contributed by atoms with Gasteiger partial charge in [0.1, 0.15) is 0 Å². The minimum Gasteiger partial charge on any atom is -0.390 e. The van der Waals surface area contributed by atoms with Gasteiger partial charge in [0.05, 0.1) is 35.6 Å². The molecule has 0 aliphatic heterocycles. The summed E-state index contributed by atoms with van der Waals surface area (Å²) in [5.74, 6) is 0. The highest BCUT2D eigenvalue weighted by Gasteiger charge is 2.60. The molecule has 2 rings (SSSR count). The summed E-state index contributed by atoms with van der Waals surface area (Å²) in [7, 11) is 0. The van der Waals surface area contributed by atoms with Crippen molar-refractivity contribution in [1.82, 2.24) is 0 Å². The second-order valence-corrected chi connectivity index (χ2v) is 5.15. The first-order valence-corrected chi connectivity index (χ1v) is 5.44. The van der Waals surface area contributed by atoms with Crippen LogP contribution < -0.4 is 0 Å². The summed E-state index contributed by atoms with van der Waals surface area (Å²) >= 11 is 0. The maximum absolute atomic E-state index is 10.2. The summed E-state index contributed by atoms with van der Waals surface area (Å²) in [5, 5.41) is 58.4. The van der Waals surface area contributed by atoms with Crippen molar-refractivity contribution in [2.75, 3.05) is 0 Å². The van der Waals surface area contributed by atoms with E-state index in [0.717, 1.165) is 0 Å². The van der Waals surface area contributed by atoms with Crippen LogP contribution in [-0.4, -0.2) is 66.3 Å². The third kappa shape index (κ3) is 1.66. The van der Waals surface area contributed by atoms with Crippen LogP contribution in [0.4, 0.5) is 0 Å². The van der Waals surface area contributed by atoms with Crippen LogP contribution in [0.25, 0.3) is 0 Å². The standard InChI is InChI=1S/C10H18O6/c11-5-1-9(15)2-7(13)8(14)4-10(9,16)3-6(5)12/h5-8,11-16H,1-4H2/t5-,6+,7+,8-,9?,10?. The molecule has 2 saturated carbocycles. The zero-order valence-electron chi connectivity index (χ0n) is 8.82. The molecular formula is C10H18O6. The number of fused-ring (bicyclic) bond motifs is 1. The first-order chi connectivity index (χ1) is 7.27. The number of rotatable bonds is 0. The minimum atomic E-state index is -1.65. The average Bonchev–Trinajstić information content (AvgIpc) is 2.12.